The van der Waals surface area contributed by atoms with Crippen LogP contribution in [0, 0.1) is 6.33 Å². The third kappa shape index (κ3) is 7.25. The van der Waals surface area contributed by atoms with E-state index in [4.69, 9.17) is 9.72 Å². The van der Waals surface area contributed by atoms with Crippen LogP contribution in [-0.4, -0.2) is 22.2 Å². The standard InChI is InChI=1S/C71H60N4OSi/c1-43(2)48-37-60(44(3)4)68(61(38-48)45(5)6)47-35-36-72-67(39-47)75-62-28-17-16-25-56(62)57-31-29-49(40-63(57)75)76-50-30-33-65-64(41-50)73-42-74-69-51(46-19-10-9-11-20-46)26-18-27-58(69)54-23-14-12-21-52(54)53-22-13-15-24-55(53)59-32-34-66(77(65,7)8)71(73)70(59)74/h9-41,43-45H,1-8H3. The van der Waals surface area contributed by atoms with Gasteiger partial charge < -0.3 is 4.74 Å². The third-order valence-corrected chi connectivity index (χ3v) is 20.2. The highest BCUT2D eigenvalue weighted by Crippen LogP contribution is 2.46. The Labute approximate surface area is 452 Å². The number of hydrogen-bond donors (Lipinski definition) is 0. The van der Waals surface area contributed by atoms with Crippen molar-refractivity contribution in [2.24, 2.45) is 0 Å². The normalized spacial score (nSPS) is 13.1. The lowest BCUT2D eigenvalue weighted by atomic mass is 9.82. The minimum absolute atomic E-state index is 0.358. The zero-order valence-corrected chi connectivity index (χ0v) is 46.0. The zero-order chi connectivity index (χ0) is 52.4. The van der Waals surface area contributed by atoms with E-state index in [2.05, 4.69) is 269 Å². The van der Waals surface area contributed by atoms with E-state index < -0.39 is 8.07 Å². The molecular formula is C71H60N4OSi. The molecule has 0 atom stereocenters. The summed E-state index contributed by atoms with van der Waals surface area (Å²) < 4.78 is 14.2. The van der Waals surface area contributed by atoms with Gasteiger partial charge in [0.05, 0.1) is 33.4 Å². The molecule has 0 N–H and O–H groups in total. The minimum Gasteiger partial charge on any atom is -0.458 e. The second kappa shape index (κ2) is 17.8. The van der Waals surface area contributed by atoms with Crippen molar-refractivity contribution in [3.63, 3.8) is 0 Å². The summed E-state index contributed by atoms with van der Waals surface area (Å²) in [6.45, 7) is 18.9. The van der Waals surface area contributed by atoms with Crippen molar-refractivity contribution in [3.8, 4) is 84.3 Å². The van der Waals surface area contributed by atoms with Gasteiger partial charge in [-0.1, -0.05) is 200 Å². The fourth-order valence-corrected chi connectivity index (χ4v) is 15.8. The lowest BCUT2D eigenvalue weighted by molar-refractivity contribution is -0.570. The molecule has 0 saturated heterocycles. The van der Waals surface area contributed by atoms with Gasteiger partial charge in [-0.3, -0.25) is 13.7 Å². The molecule has 0 unspecified atom stereocenters. The van der Waals surface area contributed by atoms with Crippen molar-refractivity contribution in [1.82, 2.24) is 14.1 Å². The maximum Gasteiger partial charge on any atom is 0.269 e. The summed E-state index contributed by atoms with van der Waals surface area (Å²) in [6, 6.07) is 71.6. The van der Waals surface area contributed by atoms with E-state index in [0.29, 0.717) is 17.8 Å². The molecule has 14 rings (SSSR count). The molecule has 0 saturated carbocycles. The van der Waals surface area contributed by atoms with Gasteiger partial charge >= 0.3 is 0 Å². The Balaban J connectivity index is 0.942. The first-order valence-corrected chi connectivity index (χ1v) is 30.4. The first kappa shape index (κ1) is 46.9. The van der Waals surface area contributed by atoms with Crippen LogP contribution in [0.1, 0.15) is 76.0 Å². The monoisotopic (exact) mass is 1010 g/mol. The fraction of sp³-hybridized carbons (Fsp3) is 0.155. The Morgan fingerprint density at radius 1 is 0.494 bits per heavy atom. The van der Waals surface area contributed by atoms with E-state index in [1.165, 1.54) is 82.5 Å². The molecule has 6 heteroatoms. The van der Waals surface area contributed by atoms with Gasteiger partial charge in [0.25, 0.3) is 6.33 Å². The van der Waals surface area contributed by atoms with Crippen LogP contribution in [0.25, 0.3) is 106 Å². The molecule has 2 aliphatic rings. The van der Waals surface area contributed by atoms with Crippen molar-refractivity contribution in [2.45, 2.75) is 72.4 Å². The maximum atomic E-state index is 7.09. The highest BCUT2D eigenvalue weighted by atomic mass is 28.3. The van der Waals surface area contributed by atoms with Gasteiger partial charge in [-0.05, 0) is 143 Å². The highest BCUT2D eigenvalue weighted by molar-refractivity contribution is 7.02. The molecule has 0 amide bonds. The summed E-state index contributed by atoms with van der Waals surface area (Å²) in [5.41, 5.74) is 22.9. The van der Waals surface area contributed by atoms with Crippen LogP contribution < -0.4 is 19.7 Å². The number of para-hydroxylation sites is 2. The van der Waals surface area contributed by atoms with Crippen LogP contribution in [0.5, 0.6) is 11.5 Å². The van der Waals surface area contributed by atoms with Crippen molar-refractivity contribution in [1.29, 1.82) is 0 Å². The number of imidazole rings is 1. The minimum atomic E-state index is -2.32. The summed E-state index contributed by atoms with van der Waals surface area (Å²) in [5, 5.41) is 5.07. The van der Waals surface area contributed by atoms with Crippen molar-refractivity contribution in [3.05, 3.63) is 223 Å². The summed E-state index contributed by atoms with van der Waals surface area (Å²) in [7, 11) is -2.32. The predicted molar refractivity (Wildman–Crippen MR) is 322 cm³/mol. The molecule has 374 valence electrons. The fourth-order valence-electron chi connectivity index (χ4n) is 12.9. The van der Waals surface area contributed by atoms with Crippen LogP contribution in [0.2, 0.25) is 13.1 Å². The van der Waals surface area contributed by atoms with Crippen LogP contribution in [0.4, 0.5) is 0 Å². The molecule has 2 aliphatic heterocycles. The predicted octanol–water partition coefficient (Wildman–Crippen LogP) is 17.1. The molecule has 0 spiro atoms. The number of ether oxygens (including phenoxy) is 1. The average molecular weight is 1010 g/mol. The smallest absolute Gasteiger partial charge is 0.269 e. The summed E-state index contributed by atoms with van der Waals surface area (Å²) in [5.74, 6) is 3.57. The number of rotatable bonds is 8. The molecule has 5 nitrogen and oxygen atoms in total. The highest BCUT2D eigenvalue weighted by Gasteiger charge is 2.39. The summed E-state index contributed by atoms with van der Waals surface area (Å²) in [4.78, 5) is 5.13. The second-order valence-electron chi connectivity index (χ2n) is 22.7. The molecule has 3 aromatic heterocycles. The van der Waals surface area contributed by atoms with E-state index in [1.807, 2.05) is 6.20 Å². The molecular weight excluding hydrogens is 953 g/mol. The SMILES string of the molecule is CC(C)c1cc(C(C)C)c(-c2ccnc(-n3c4ccccc4c4ccc(Oc5ccc6c(c5)-n5[c-][n+]7c8c(ccc(c85)[Si]6(C)C)-c5ccccc5-c5ccccc5-c5cccc(-c6ccccc6)c5-7)cc43)c2)c(C(C)C)c1. The number of pyridine rings is 1. The Bertz CT molecular complexity index is 4350. The number of nitrogens with zero attached hydrogens (tertiary/aromatic N) is 4. The quantitative estimate of drug-likeness (QED) is 0.0864. The van der Waals surface area contributed by atoms with E-state index in [9.17, 15) is 0 Å². The van der Waals surface area contributed by atoms with Crippen LogP contribution in [0.15, 0.2) is 200 Å². The lowest BCUT2D eigenvalue weighted by Gasteiger charge is -2.33. The number of aromatic nitrogens is 4. The zero-order valence-electron chi connectivity index (χ0n) is 45.0. The molecule has 0 bridgehead atoms. The molecule has 5 heterocycles. The summed E-state index contributed by atoms with van der Waals surface area (Å²) >= 11 is 0. The van der Waals surface area contributed by atoms with Crippen molar-refractivity contribution < 1.29 is 9.30 Å². The van der Waals surface area contributed by atoms with Gasteiger partial charge in [0.1, 0.15) is 25.4 Å². The topological polar surface area (TPSA) is 35.9 Å². The largest absolute Gasteiger partial charge is 0.458 e. The van der Waals surface area contributed by atoms with Gasteiger partial charge in [-0.2, -0.15) is 0 Å². The Morgan fingerprint density at radius 2 is 1.09 bits per heavy atom. The van der Waals surface area contributed by atoms with E-state index in [-0.39, 0.29) is 0 Å². The molecule has 0 fully saturated rings. The second-order valence-corrected chi connectivity index (χ2v) is 27.0. The average Bonchev–Trinajstić information content (AvgIpc) is 4.26. The van der Waals surface area contributed by atoms with Crippen molar-refractivity contribution >= 4 is 51.3 Å². The Kier molecular flexibility index (Phi) is 10.8. The third-order valence-electron chi connectivity index (χ3n) is 16.7. The number of fused-ring (bicyclic) bond motifs is 12. The van der Waals surface area contributed by atoms with Gasteiger partial charge in [0.15, 0.2) is 0 Å². The summed E-state index contributed by atoms with van der Waals surface area (Å²) in [6.07, 6.45) is 6.06. The molecule has 0 radical (unpaired) electrons. The maximum absolute atomic E-state index is 7.09. The van der Waals surface area contributed by atoms with E-state index in [1.54, 1.807) is 0 Å². The van der Waals surface area contributed by atoms with Crippen molar-refractivity contribution in [2.75, 3.05) is 0 Å². The van der Waals surface area contributed by atoms with Crippen LogP contribution in [0.3, 0.4) is 0 Å². The van der Waals surface area contributed by atoms with Gasteiger partial charge in [-0.25, -0.2) is 4.98 Å². The van der Waals surface area contributed by atoms with Crippen LogP contribution >= 0.6 is 0 Å². The van der Waals surface area contributed by atoms with Crippen LogP contribution in [-0.2, 0) is 0 Å². The molecule has 9 aromatic carbocycles. The lowest BCUT2D eigenvalue weighted by Crippen LogP contribution is -2.57. The molecule has 77 heavy (non-hydrogen) atoms. The van der Waals surface area contributed by atoms with E-state index in [0.717, 1.165) is 61.8 Å². The molecule has 12 aromatic rings. The van der Waals surface area contributed by atoms with E-state index >= 15 is 0 Å². The first-order valence-electron chi connectivity index (χ1n) is 27.4. The molecule has 0 aliphatic carbocycles. The Morgan fingerprint density at radius 3 is 1.81 bits per heavy atom. The first-order chi connectivity index (χ1) is 37.4. The Hall–Kier alpha value is -8.58. The number of hydrogen-bond acceptors (Lipinski definition) is 2. The van der Waals surface area contributed by atoms with Gasteiger partial charge in [0.2, 0.25) is 0 Å². The van der Waals surface area contributed by atoms with Gasteiger partial charge in [0, 0.05) is 23.0 Å². The number of benzene rings is 9. The van der Waals surface area contributed by atoms with Gasteiger partial charge in [-0.15, -0.1) is 0 Å².